The molecule has 2 aromatic heterocycles. The van der Waals surface area contributed by atoms with Crippen LogP contribution in [-0.2, 0) is 17.8 Å². The molecule has 0 atom stereocenters. The van der Waals surface area contributed by atoms with Crippen LogP contribution in [-0.4, -0.2) is 76.1 Å². The van der Waals surface area contributed by atoms with Crippen LogP contribution < -0.4 is 10.2 Å². The second-order valence-corrected chi connectivity index (χ2v) is 8.99. The van der Waals surface area contributed by atoms with Gasteiger partial charge < -0.3 is 24.8 Å². The maximum Gasteiger partial charge on any atom is 0.409 e. The second-order valence-electron chi connectivity index (χ2n) is 8.99. The fourth-order valence-electron chi connectivity index (χ4n) is 4.65. The van der Waals surface area contributed by atoms with Crippen LogP contribution in [0.1, 0.15) is 41.9 Å². The van der Waals surface area contributed by atoms with E-state index >= 15 is 0 Å². The summed E-state index contributed by atoms with van der Waals surface area (Å²) in [5.74, 6) is 1.11. The third kappa shape index (κ3) is 4.75. The van der Waals surface area contributed by atoms with Crippen molar-refractivity contribution in [3.63, 3.8) is 0 Å². The van der Waals surface area contributed by atoms with Crippen LogP contribution in [0.5, 0.6) is 0 Å². The van der Waals surface area contributed by atoms with Crippen LogP contribution in [0.25, 0.3) is 10.9 Å². The lowest BCUT2D eigenvalue weighted by Crippen LogP contribution is -2.49. The Morgan fingerprint density at radius 1 is 1.11 bits per heavy atom. The molecule has 4 heterocycles. The number of nitrogens with one attached hydrogen (secondary N) is 1. The van der Waals surface area contributed by atoms with E-state index < -0.39 is 0 Å². The largest absolute Gasteiger partial charge is 0.450 e. The number of amides is 2. The monoisotopic (exact) mass is 489 g/mol. The molecule has 0 aliphatic carbocycles. The van der Waals surface area contributed by atoms with E-state index in [0.29, 0.717) is 69.9 Å². The predicted octanol–water partition coefficient (Wildman–Crippen LogP) is 3.28. The molecule has 2 amide bonds. The van der Waals surface area contributed by atoms with E-state index in [1.54, 1.807) is 11.8 Å². The summed E-state index contributed by atoms with van der Waals surface area (Å²) in [5, 5.41) is 4.53. The van der Waals surface area contributed by atoms with Gasteiger partial charge >= 0.3 is 6.09 Å². The summed E-state index contributed by atoms with van der Waals surface area (Å²) in [4.78, 5) is 44.8. The molecular weight excluding hydrogens is 458 g/mol. The molecule has 0 bridgehead atoms. The Morgan fingerprint density at radius 3 is 2.69 bits per heavy atom. The number of ether oxygens (including phenoxy) is 1. The van der Waals surface area contributed by atoms with Crippen molar-refractivity contribution in [3.05, 3.63) is 53.3 Å². The van der Waals surface area contributed by atoms with Crippen molar-refractivity contribution in [1.82, 2.24) is 24.8 Å². The van der Waals surface area contributed by atoms with Gasteiger partial charge in [-0.2, -0.15) is 4.98 Å². The maximum atomic E-state index is 13.1. The Bertz CT molecular complexity index is 1270. The van der Waals surface area contributed by atoms with Gasteiger partial charge in [-0.3, -0.25) is 9.78 Å². The highest BCUT2D eigenvalue weighted by Gasteiger charge is 2.33. The van der Waals surface area contributed by atoms with E-state index in [2.05, 4.69) is 28.3 Å². The standard InChI is InChI=1S/C26H31N7O3/c1-3-9-33-17-20-22(24(33)34)29-25(31-10-12-32(13-11-31)26(35)36-4-2)30-23(20)28-16-18-14-19-7-5-6-8-21(19)27-15-18/h5-8,14-15H,3-4,9-13,16-17H2,1-2H3,(H,28,29,30). The number of hydrogen-bond acceptors (Lipinski definition) is 8. The first-order valence-electron chi connectivity index (χ1n) is 12.5. The molecular formula is C26H31N7O3. The molecule has 1 fully saturated rings. The topological polar surface area (TPSA) is 104 Å². The van der Waals surface area contributed by atoms with Crippen LogP contribution >= 0.6 is 0 Å². The molecule has 3 aromatic rings. The van der Waals surface area contributed by atoms with Crippen molar-refractivity contribution in [2.24, 2.45) is 0 Å². The summed E-state index contributed by atoms with van der Waals surface area (Å²) >= 11 is 0. The quantitative estimate of drug-likeness (QED) is 0.539. The minimum absolute atomic E-state index is 0.0592. The third-order valence-electron chi connectivity index (χ3n) is 6.52. The van der Waals surface area contributed by atoms with Gasteiger partial charge in [0.25, 0.3) is 5.91 Å². The molecule has 10 nitrogen and oxygen atoms in total. The third-order valence-corrected chi connectivity index (χ3v) is 6.52. The summed E-state index contributed by atoms with van der Waals surface area (Å²) in [7, 11) is 0. The van der Waals surface area contributed by atoms with Gasteiger partial charge in [0.1, 0.15) is 11.5 Å². The van der Waals surface area contributed by atoms with E-state index in [4.69, 9.17) is 9.72 Å². The fourth-order valence-corrected chi connectivity index (χ4v) is 4.65. The summed E-state index contributed by atoms with van der Waals surface area (Å²) < 4.78 is 5.12. The smallest absolute Gasteiger partial charge is 0.409 e. The number of hydrogen-bond donors (Lipinski definition) is 1. The van der Waals surface area contributed by atoms with E-state index in [1.807, 2.05) is 40.3 Å². The number of fused-ring (bicyclic) bond motifs is 2. The number of carbonyl (C=O) groups is 2. The van der Waals surface area contributed by atoms with E-state index in [9.17, 15) is 9.59 Å². The number of benzene rings is 1. The normalized spacial score (nSPS) is 15.4. The molecule has 0 unspecified atom stereocenters. The molecule has 5 rings (SSSR count). The number of anilines is 2. The van der Waals surface area contributed by atoms with Crippen LogP contribution in [0.4, 0.5) is 16.6 Å². The lowest BCUT2D eigenvalue weighted by Gasteiger charge is -2.34. The average Bonchev–Trinajstić information content (AvgIpc) is 3.22. The molecule has 0 radical (unpaired) electrons. The minimum Gasteiger partial charge on any atom is -0.450 e. The zero-order chi connectivity index (χ0) is 25.1. The summed E-state index contributed by atoms with van der Waals surface area (Å²) in [6, 6.07) is 10.1. The molecule has 1 aromatic carbocycles. The molecule has 1 saturated heterocycles. The number of pyridine rings is 1. The highest BCUT2D eigenvalue weighted by Crippen LogP contribution is 2.30. The Balaban J connectivity index is 1.39. The number of nitrogens with zero attached hydrogens (tertiary/aromatic N) is 6. The van der Waals surface area contributed by atoms with Crippen LogP contribution in [0.2, 0.25) is 0 Å². The SMILES string of the molecule is CCCN1Cc2c(NCc3cnc4ccccc4c3)nc(N3CCN(C(=O)OCC)CC3)nc2C1=O. The number of carbonyl (C=O) groups excluding carboxylic acids is 2. The summed E-state index contributed by atoms with van der Waals surface area (Å²) in [6.07, 6.45) is 2.44. The highest BCUT2D eigenvalue weighted by molar-refractivity contribution is 5.98. The molecule has 2 aliphatic heterocycles. The van der Waals surface area contributed by atoms with Crippen molar-refractivity contribution >= 4 is 34.7 Å². The molecule has 1 N–H and O–H groups in total. The van der Waals surface area contributed by atoms with Gasteiger partial charge in [0.2, 0.25) is 5.95 Å². The van der Waals surface area contributed by atoms with Gasteiger partial charge in [-0.05, 0) is 31.0 Å². The Labute approximate surface area is 210 Å². The summed E-state index contributed by atoms with van der Waals surface area (Å²) in [5.41, 5.74) is 3.27. The minimum atomic E-state index is -0.302. The maximum absolute atomic E-state index is 13.1. The zero-order valence-electron chi connectivity index (χ0n) is 20.7. The first-order valence-corrected chi connectivity index (χ1v) is 12.5. The number of piperazine rings is 1. The molecule has 188 valence electrons. The second kappa shape index (κ2) is 10.3. The number of aromatic nitrogens is 3. The Morgan fingerprint density at radius 2 is 1.92 bits per heavy atom. The van der Waals surface area contributed by atoms with Crippen LogP contribution in [0, 0.1) is 0 Å². The van der Waals surface area contributed by atoms with E-state index in [1.165, 1.54) is 0 Å². The molecule has 36 heavy (non-hydrogen) atoms. The first-order chi connectivity index (χ1) is 17.6. The molecule has 0 saturated carbocycles. The fraction of sp³-hybridized carbons (Fsp3) is 0.423. The van der Waals surface area contributed by atoms with Gasteiger partial charge in [-0.1, -0.05) is 25.1 Å². The lowest BCUT2D eigenvalue weighted by molar-refractivity contribution is 0.0774. The van der Waals surface area contributed by atoms with Gasteiger partial charge in [0.05, 0.1) is 18.7 Å². The molecule has 10 heteroatoms. The molecule has 0 spiro atoms. The zero-order valence-corrected chi connectivity index (χ0v) is 20.7. The first kappa shape index (κ1) is 23.8. The van der Waals surface area contributed by atoms with Crippen molar-refractivity contribution in [3.8, 4) is 0 Å². The van der Waals surface area contributed by atoms with Gasteiger partial charge in [0.15, 0.2) is 0 Å². The number of para-hydroxylation sites is 1. The predicted molar refractivity (Wildman–Crippen MR) is 137 cm³/mol. The molecule has 2 aliphatic rings. The van der Waals surface area contributed by atoms with Gasteiger partial charge in [0, 0.05) is 56.4 Å². The van der Waals surface area contributed by atoms with Crippen molar-refractivity contribution < 1.29 is 14.3 Å². The Kier molecular flexibility index (Phi) is 6.84. The Hall–Kier alpha value is -3.95. The lowest BCUT2D eigenvalue weighted by atomic mass is 10.1. The highest BCUT2D eigenvalue weighted by atomic mass is 16.6. The average molecular weight is 490 g/mol. The van der Waals surface area contributed by atoms with Crippen molar-refractivity contribution in [1.29, 1.82) is 0 Å². The number of rotatable bonds is 7. The van der Waals surface area contributed by atoms with Crippen molar-refractivity contribution in [2.45, 2.75) is 33.4 Å². The van der Waals surface area contributed by atoms with Crippen molar-refractivity contribution in [2.75, 3.05) is 49.5 Å². The van der Waals surface area contributed by atoms with Gasteiger partial charge in [-0.25, -0.2) is 9.78 Å². The van der Waals surface area contributed by atoms with E-state index in [0.717, 1.165) is 28.5 Å². The van der Waals surface area contributed by atoms with Crippen LogP contribution in [0.3, 0.4) is 0 Å². The van der Waals surface area contributed by atoms with Gasteiger partial charge in [-0.15, -0.1) is 0 Å². The van der Waals surface area contributed by atoms with E-state index in [-0.39, 0.29) is 12.0 Å². The van der Waals surface area contributed by atoms with Crippen LogP contribution in [0.15, 0.2) is 36.5 Å². The summed E-state index contributed by atoms with van der Waals surface area (Å²) in [6.45, 7) is 8.08.